The van der Waals surface area contributed by atoms with E-state index in [0.29, 0.717) is 11.5 Å². The van der Waals surface area contributed by atoms with Gasteiger partial charge in [0.1, 0.15) is 4.21 Å². The molecular weight excluding hydrogens is 350 g/mol. The second kappa shape index (κ2) is 7.07. The Balaban J connectivity index is 1.48. The number of hydrogen-bond donors (Lipinski definition) is 2. The molecule has 0 atom stereocenters. The molecule has 0 aliphatic heterocycles. The van der Waals surface area contributed by atoms with Gasteiger partial charge in [0.25, 0.3) is 0 Å². The van der Waals surface area contributed by atoms with Crippen LogP contribution in [-0.4, -0.2) is 35.5 Å². The highest BCUT2D eigenvalue weighted by Gasteiger charge is 2.15. The molecule has 0 bridgehead atoms. The zero-order valence-corrected chi connectivity index (χ0v) is 14.2. The third-order valence-electron chi connectivity index (χ3n) is 3.23. The van der Waals surface area contributed by atoms with Gasteiger partial charge in [0.05, 0.1) is 6.54 Å². The zero-order chi connectivity index (χ0) is 17.0. The van der Waals surface area contributed by atoms with E-state index in [1.165, 1.54) is 6.07 Å². The third-order valence-corrected chi connectivity index (χ3v) is 6.09. The first-order valence-electron chi connectivity index (χ1n) is 7.15. The van der Waals surface area contributed by atoms with Crippen LogP contribution in [0.2, 0.25) is 0 Å². The van der Waals surface area contributed by atoms with Crippen LogP contribution in [0.3, 0.4) is 0 Å². The van der Waals surface area contributed by atoms with Crippen LogP contribution in [0.1, 0.15) is 12.2 Å². The number of pyridine rings is 1. The van der Waals surface area contributed by atoms with E-state index in [-0.39, 0.29) is 29.6 Å². The molecule has 0 saturated carbocycles. The lowest BCUT2D eigenvalue weighted by Gasteiger charge is -2.06. The fourth-order valence-electron chi connectivity index (χ4n) is 2.06. The molecule has 126 valence electrons. The van der Waals surface area contributed by atoms with Gasteiger partial charge in [0, 0.05) is 19.2 Å². The Labute approximate surface area is 142 Å². The van der Waals surface area contributed by atoms with Crippen LogP contribution in [0.25, 0.3) is 5.65 Å². The first-order chi connectivity index (χ1) is 11.6. The summed E-state index contributed by atoms with van der Waals surface area (Å²) in [5.74, 6) is 0.342. The lowest BCUT2D eigenvalue weighted by Crippen LogP contribution is -2.30. The number of carbonyl (C=O) groups excluding carboxylic acids is 1. The summed E-state index contributed by atoms with van der Waals surface area (Å²) in [7, 11) is -3.54. The maximum Gasteiger partial charge on any atom is 0.250 e. The fourth-order valence-corrected chi connectivity index (χ4v) is 4.13. The second-order valence-electron chi connectivity index (χ2n) is 4.90. The predicted molar refractivity (Wildman–Crippen MR) is 89.0 cm³/mol. The Morgan fingerprint density at radius 1 is 1.21 bits per heavy atom. The fraction of sp³-hybridized carbons (Fsp3) is 0.214. The number of amides is 1. The topological polar surface area (TPSA) is 105 Å². The molecular formula is C14H15N5O3S2. The van der Waals surface area contributed by atoms with E-state index in [4.69, 9.17) is 0 Å². The Morgan fingerprint density at radius 2 is 2.08 bits per heavy atom. The maximum absolute atomic E-state index is 11.9. The third kappa shape index (κ3) is 3.78. The van der Waals surface area contributed by atoms with E-state index in [0.717, 1.165) is 11.3 Å². The molecule has 0 spiro atoms. The molecule has 0 saturated heterocycles. The molecule has 0 unspecified atom stereocenters. The largest absolute Gasteiger partial charge is 0.349 e. The van der Waals surface area contributed by atoms with E-state index in [1.807, 2.05) is 24.4 Å². The van der Waals surface area contributed by atoms with Crippen molar-refractivity contribution in [1.29, 1.82) is 0 Å². The highest BCUT2D eigenvalue weighted by Crippen LogP contribution is 2.14. The van der Waals surface area contributed by atoms with Crippen molar-refractivity contribution in [3.8, 4) is 0 Å². The van der Waals surface area contributed by atoms with Gasteiger partial charge in [-0.1, -0.05) is 12.1 Å². The Kier molecular flexibility index (Phi) is 4.88. The van der Waals surface area contributed by atoms with Gasteiger partial charge in [0.15, 0.2) is 11.5 Å². The predicted octanol–water partition coefficient (Wildman–Crippen LogP) is 0.776. The van der Waals surface area contributed by atoms with E-state index in [2.05, 4.69) is 20.2 Å². The summed E-state index contributed by atoms with van der Waals surface area (Å²) in [4.78, 5) is 11.8. The van der Waals surface area contributed by atoms with Crippen molar-refractivity contribution in [3.05, 3.63) is 47.7 Å². The van der Waals surface area contributed by atoms with Crippen LogP contribution in [-0.2, 0) is 21.4 Å². The molecule has 24 heavy (non-hydrogen) atoms. The van der Waals surface area contributed by atoms with Crippen LogP contribution in [0.5, 0.6) is 0 Å². The standard InChI is InChI=1S/C14H15N5O3S2/c20-13(6-7-16-24(21,22)14-5-3-9-23-14)15-10-12-18-17-11-4-1-2-8-19(11)12/h1-5,8-9,16H,6-7,10H2,(H,15,20). The molecule has 3 aromatic rings. The molecule has 8 nitrogen and oxygen atoms in total. The molecule has 3 aromatic heterocycles. The minimum Gasteiger partial charge on any atom is -0.349 e. The van der Waals surface area contributed by atoms with Gasteiger partial charge < -0.3 is 5.32 Å². The van der Waals surface area contributed by atoms with Gasteiger partial charge in [-0.3, -0.25) is 9.20 Å². The molecule has 0 aliphatic carbocycles. The van der Waals surface area contributed by atoms with Gasteiger partial charge in [-0.2, -0.15) is 0 Å². The van der Waals surface area contributed by atoms with Crippen molar-refractivity contribution in [2.24, 2.45) is 0 Å². The van der Waals surface area contributed by atoms with Gasteiger partial charge >= 0.3 is 0 Å². The number of fused-ring (bicyclic) bond motifs is 1. The molecule has 1 amide bonds. The average Bonchev–Trinajstić information content (AvgIpc) is 3.23. The minimum absolute atomic E-state index is 0.0344. The monoisotopic (exact) mass is 365 g/mol. The molecule has 10 heteroatoms. The second-order valence-corrected chi connectivity index (χ2v) is 7.84. The summed E-state index contributed by atoms with van der Waals surface area (Å²) in [6.07, 6.45) is 1.85. The minimum atomic E-state index is -3.54. The highest BCUT2D eigenvalue weighted by atomic mass is 32.2. The lowest BCUT2D eigenvalue weighted by atomic mass is 10.4. The summed E-state index contributed by atoms with van der Waals surface area (Å²) in [6, 6.07) is 8.70. The van der Waals surface area contributed by atoms with Gasteiger partial charge in [0.2, 0.25) is 15.9 Å². The number of rotatable bonds is 7. The van der Waals surface area contributed by atoms with Crippen molar-refractivity contribution in [2.75, 3.05) is 6.54 Å². The molecule has 2 N–H and O–H groups in total. The van der Waals surface area contributed by atoms with Crippen molar-refractivity contribution in [2.45, 2.75) is 17.2 Å². The number of nitrogens with zero attached hydrogens (tertiary/aromatic N) is 3. The van der Waals surface area contributed by atoms with Crippen molar-refractivity contribution < 1.29 is 13.2 Å². The number of sulfonamides is 1. The highest BCUT2D eigenvalue weighted by molar-refractivity contribution is 7.91. The van der Waals surface area contributed by atoms with Gasteiger partial charge in [-0.15, -0.1) is 21.5 Å². The number of carbonyl (C=O) groups is 1. The van der Waals surface area contributed by atoms with Gasteiger partial charge in [-0.25, -0.2) is 13.1 Å². The molecule has 0 aliphatic rings. The summed E-state index contributed by atoms with van der Waals surface area (Å²) >= 11 is 1.13. The zero-order valence-electron chi connectivity index (χ0n) is 12.5. The maximum atomic E-state index is 11.9. The Hall–Kier alpha value is -2.30. The van der Waals surface area contributed by atoms with E-state index in [1.54, 1.807) is 15.8 Å². The summed E-state index contributed by atoms with van der Waals surface area (Å²) < 4.78 is 28.2. The molecule has 3 rings (SSSR count). The number of nitrogens with one attached hydrogen (secondary N) is 2. The van der Waals surface area contributed by atoms with Gasteiger partial charge in [-0.05, 0) is 23.6 Å². The summed E-state index contributed by atoms with van der Waals surface area (Å²) in [5, 5.41) is 12.4. The van der Waals surface area contributed by atoms with E-state index in [9.17, 15) is 13.2 Å². The number of thiophene rings is 1. The number of hydrogen-bond acceptors (Lipinski definition) is 6. The van der Waals surface area contributed by atoms with Crippen LogP contribution in [0.4, 0.5) is 0 Å². The van der Waals surface area contributed by atoms with E-state index >= 15 is 0 Å². The number of aromatic nitrogens is 3. The first-order valence-corrected chi connectivity index (χ1v) is 9.51. The smallest absolute Gasteiger partial charge is 0.250 e. The van der Waals surface area contributed by atoms with E-state index < -0.39 is 10.0 Å². The van der Waals surface area contributed by atoms with Crippen LogP contribution < -0.4 is 10.0 Å². The van der Waals surface area contributed by atoms with Crippen molar-refractivity contribution >= 4 is 32.9 Å². The van der Waals surface area contributed by atoms with Crippen molar-refractivity contribution in [1.82, 2.24) is 24.6 Å². The normalized spacial score (nSPS) is 11.7. The SMILES string of the molecule is O=C(CCNS(=O)(=O)c1cccs1)NCc1nnc2ccccn12. The average molecular weight is 365 g/mol. The Morgan fingerprint density at radius 3 is 2.88 bits per heavy atom. The van der Waals surface area contributed by atoms with Crippen LogP contribution in [0, 0.1) is 0 Å². The summed E-state index contributed by atoms with van der Waals surface area (Å²) in [6.45, 7) is 0.258. The van der Waals surface area contributed by atoms with Crippen molar-refractivity contribution in [3.63, 3.8) is 0 Å². The molecule has 3 heterocycles. The molecule has 0 radical (unpaired) electrons. The van der Waals surface area contributed by atoms with Crippen LogP contribution >= 0.6 is 11.3 Å². The first kappa shape index (κ1) is 16.6. The molecule has 0 fully saturated rings. The lowest BCUT2D eigenvalue weighted by molar-refractivity contribution is -0.121. The Bertz CT molecular complexity index is 934. The summed E-state index contributed by atoms with van der Waals surface area (Å²) in [5.41, 5.74) is 0.699. The molecule has 0 aromatic carbocycles. The van der Waals surface area contributed by atoms with Crippen LogP contribution in [0.15, 0.2) is 46.1 Å². The quantitative estimate of drug-likeness (QED) is 0.643.